The first-order valence-corrected chi connectivity index (χ1v) is 6.52. The first kappa shape index (κ1) is 11.7. The molecule has 0 heterocycles. The fourth-order valence-electron chi connectivity index (χ4n) is 2.86. The molecule has 1 heteroatoms. The Balaban J connectivity index is 1.99. The first-order chi connectivity index (χ1) is 7.79. The molecule has 0 spiro atoms. The van der Waals surface area contributed by atoms with Gasteiger partial charge in [0.05, 0.1) is 0 Å². The van der Waals surface area contributed by atoms with Gasteiger partial charge in [-0.3, -0.25) is 0 Å². The fourth-order valence-corrected chi connectivity index (χ4v) is 2.86. The minimum absolute atomic E-state index is 0.732. The van der Waals surface area contributed by atoms with E-state index in [2.05, 4.69) is 43.6 Å². The predicted octanol–water partition coefficient (Wildman–Crippen LogP) is 3.32. The van der Waals surface area contributed by atoms with Crippen molar-refractivity contribution in [3.8, 4) is 0 Å². The Hall–Kier alpha value is -0.820. The fraction of sp³-hybridized carbons (Fsp3) is 0.600. The molecule has 1 N–H and O–H groups in total. The Kier molecular flexibility index (Phi) is 4.00. The lowest BCUT2D eigenvalue weighted by Crippen LogP contribution is -2.37. The van der Waals surface area contributed by atoms with E-state index >= 15 is 0 Å². The lowest BCUT2D eigenvalue weighted by atomic mass is 9.81. The molecule has 0 aromatic heterocycles. The van der Waals surface area contributed by atoms with Gasteiger partial charge in [-0.15, -0.1) is 0 Å². The normalized spacial score (nSPS) is 25.6. The molecule has 0 bridgehead atoms. The van der Waals surface area contributed by atoms with E-state index < -0.39 is 0 Å². The molecule has 0 radical (unpaired) electrons. The van der Waals surface area contributed by atoms with E-state index in [1.165, 1.54) is 43.2 Å². The number of aryl methyl sites for hydroxylation is 1. The number of hydrogen-bond acceptors (Lipinski definition) is 1. The summed E-state index contributed by atoms with van der Waals surface area (Å²) in [4.78, 5) is 0. The van der Waals surface area contributed by atoms with Gasteiger partial charge in [0, 0.05) is 6.04 Å². The van der Waals surface area contributed by atoms with E-state index in [9.17, 15) is 0 Å². The highest BCUT2D eigenvalue weighted by atomic mass is 14.9. The largest absolute Gasteiger partial charge is 0.317 e. The van der Waals surface area contributed by atoms with Gasteiger partial charge in [0.15, 0.2) is 0 Å². The standard InChI is InChI=1S/C15H23N/c1-12-7-9-13(10-8-12)11-14-5-3-4-6-15(14)16-2/h7-10,14-16H,3-6,11H2,1-2H3. The molecule has 0 saturated heterocycles. The van der Waals surface area contributed by atoms with Crippen LogP contribution in [-0.2, 0) is 6.42 Å². The zero-order valence-electron chi connectivity index (χ0n) is 10.5. The molecule has 1 saturated carbocycles. The highest BCUT2D eigenvalue weighted by Crippen LogP contribution is 2.27. The van der Waals surface area contributed by atoms with E-state index in [-0.39, 0.29) is 0 Å². The third kappa shape index (κ3) is 2.85. The molecule has 0 aliphatic heterocycles. The Morgan fingerprint density at radius 3 is 2.50 bits per heavy atom. The van der Waals surface area contributed by atoms with Crippen LogP contribution >= 0.6 is 0 Å². The Morgan fingerprint density at radius 2 is 1.81 bits per heavy atom. The van der Waals surface area contributed by atoms with Crippen LogP contribution in [0.4, 0.5) is 0 Å². The summed E-state index contributed by atoms with van der Waals surface area (Å²) in [7, 11) is 2.11. The Morgan fingerprint density at radius 1 is 1.12 bits per heavy atom. The second kappa shape index (κ2) is 5.49. The zero-order chi connectivity index (χ0) is 11.4. The summed E-state index contributed by atoms with van der Waals surface area (Å²) in [5, 5.41) is 3.49. The van der Waals surface area contributed by atoms with Crippen molar-refractivity contribution < 1.29 is 0 Å². The van der Waals surface area contributed by atoms with Crippen LogP contribution in [0.3, 0.4) is 0 Å². The van der Waals surface area contributed by atoms with Gasteiger partial charge in [-0.1, -0.05) is 42.7 Å². The second-order valence-corrected chi connectivity index (χ2v) is 5.13. The highest BCUT2D eigenvalue weighted by Gasteiger charge is 2.23. The maximum Gasteiger partial charge on any atom is 0.00955 e. The minimum atomic E-state index is 0.732. The molecule has 0 amide bonds. The quantitative estimate of drug-likeness (QED) is 0.819. The molecule has 2 atom stereocenters. The molecule has 2 unspecified atom stereocenters. The molecule has 1 aromatic carbocycles. The summed E-state index contributed by atoms with van der Waals surface area (Å²) in [5.41, 5.74) is 2.86. The second-order valence-electron chi connectivity index (χ2n) is 5.13. The molecule has 2 rings (SSSR count). The average molecular weight is 217 g/mol. The summed E-state index contributed by atoms with van der Waals surface area (Å²) in [6.07, 6.45) is 6.79. The molecule has 1 fully saturated rings. The van der Waals surface area contributed by atoms with Crippen molar-refractivity contribution in [1.82, 2.24) is 5.32 Å². The molecule has 1 aliphatic carbocycles. The molecule has 88 valence electrons. The SMILES string of the molecule is CNC1CCCCC1Cc1ccc(C)cc1. The van der Waals surface area contributed by atoms with Crippen LogP contribution in [-0.4, -0.2) is 13.1 Å². The van der Waals surface area contributed by atoms with Gasteiger partial charge in [-0.25, -0.2) is 0 Å². The predicted molar refractivity (Wildman–Crippen MR) is 69.7 cm³/mol. The van der Waals surface area contributed by atoms with Crippen LogP contribution in [0.2, 0.25) is 0 Å². The van der Waals surface area contributed by atoms with Crippen molar-refractivity contribution in [2.24, 2.45) is 5.92 Å². The molecule has 1 aliphatic rings. The molecule has 16 heavy (non-hydrogen) atoms. The van der Waals surface area contributed by atoms with Crippen LogP contribution < -0.4 is 5.32 Å². The van der Waals surface area contributed by atoms with Crippen molar-refractivity contribution in [2.45, 2.75) is 45.1 Å². The number of nitrogens with one attached hydrogen (secondary N) is 1. The van der Waals surface area contributed by atoms with Crippen LogP contribution in [0.1, 0.15) is 36.8 Å². The van der Waals surface area contributed by atoms with Gasteiger partial charge in [-0.05, 0) is 44.7 Å². The smallest absolute Gasteiger partial charge is 0.00955 e. The monoisotopic (exact) mass is 217 g/mol. The van der Waals surface area contributed by atoms with E-state index in [0.29, 0.717) is 0 Å². The van der Waals surface area contributed by atoms with Crippen LogP contribution in [0.25, 0.3) is 0 Å². The summed E-state index contributed by atoms with van der Waals surface area (Å²) in [6.45, 7) is 2.15. The third-order valence-electron chi connectivity index (χ3n) is 3.90. The van der Waals surface area contributed by atoms with Gasteiger partial charge >= 0.3 is 0 Å². The zero-order valence-corrected chi connectivity index (χ0v) is 10.5. The van der Waals surface area contributed by atoms with Crippen molar-refractivity contribution >= 4 is 0 Å². The summed E-state index contributed by atoms with van der Waals surface area (Å²) >= 11 is 0. The number of benzene rings is 1. The van der Waals surface area contributed by atoms with E-state index in [4.69, 9.17) is 0 Å². The van der Waals surface area contributed by atoms with Gasteiger partial charge < -0.3 is 5.32 Å². The maximum atomic E-state index is 3.49. The van der Waals surface area contributed by atoms with Crippen molar-refractivity contribution in [1.29, 1.82) is 0 Å². The third-order valence-corrected chi connectivity index (χ3v) is 3.90. The molecule has 1 nitrogen and oxygen atoms in total. The van der Waals surface area contributed by atoms with E-state index in [1.54, 1.807) is 0 Å². The Labute approximate surface area is 99.3 Å². The molecular formula is C15H23N. The van der Waals surface area contributed by atoms with Crippen LogP contribution in [0.15, 0.2) is 24.3 Å². The number of rotatable bonds is 3. The topological polar surface area (TPSA) is 12.0 Å². The maximum absolute atomic E-state index is 3.49. The van der Waals surface area contributed by atoms with Crippen molar-refractivity contribution in [3.63, 3.8) is 0 Å². The van der Waals surface area contributed by atoms with Gasteiger partial charge in [0.1, 0.15) is 0 Å². The highest BCUT2D eigenvalue weighted by molar-refractivity contribution is 5.22. The Bertz CT molecular complexity index is 315. The van der Waals surface area contributed by atoms with Gasteiger partial charge in [0.25, 0.3) is 0 Å². The summed E-state index contributed by atoms with van der Waals surface area (Å²) in [5.74, 6) is 0.835. The summed E-state index contributed by atoms with van der Waals surface area (Å²) < 4.78 is 0. The van der Waals surface area contributed by atoms with E-state index in [1.807, 2.05) is 0 Å². The summed E-state index contributed by atoms with van der Waals surface area (Å²) in [6, 6.07) is 9.77. The van der Waals surface area contributed by atoms with E-state index in [0.717, 1.165) is 12.0 Å². The molecular weight excluding hydrogens is 194 g/mol. The van der Waals surface area contributed by atoms with Crippen molar-refractivity contribution in [3.05, 3.63) is 35.4 Å². The number of hydrogen-bond donors (Lipinski definition) is 1. The van der Waals surface area contributed by atoms with Gasteiger partial charge in [0.2, 0.25) is 0 Å². The minimum Gasteiger partial charge on any atom is -0.317 e. The lowest BCUT2D eigenvalue weighted by molar-refractivity contribution is 0.273. The average Bonchev–Trinajstić information content (AvgIpc) is 2.33. The van der Waals surface area contributed by atoms with Crippen LogP contribution in [0, 0.1) is 12.8 Å². The first-order valence-electron chi connectivity index (χ1n) is 6.52. The van der Waals surface area contributed by atoms with Crippen LogP contribution in [0.5, 0.6) is 0 Å². The van der Waals surface area contributed by atoms with Crippen molar-refractivity contribution in [2.75, 3.05) is 7.05 Å². The van der Waals surface area contributed by atoms with Gasteiger partial charge in [-0.2, -0.15) is 0 Å². The lowest BCUT2D eigenvalue weighted by Gasteiger charge is -2.31. The molecule has 1 aromatic rings.